The quantitative estimate of drug-likeness (QED) is 0.625. The van der Waals surface area contributed by atoms with Crippen molar-refractivity contribution in [1.82, 2.24) is 5.32 Å². The molecule has 0 saturated carbocycles. The summed E-state index contributed by atoms with van der Waals surface area (Å²) in [4.78, 5) is 21.4. The Bertz CT molecular complexity index is 406. The molecule has 6 heteroatoms. The Hall–Kier alpha value is -2.11. The van der Waals surface area contributed by atoms with Gasteiger partial charge >= 0.3 is 5.97 Å². The molecule has 0 saturated heterocycles. The first-order valence-corrected chi connectivity index (χ1v) is 4.05. The van der Waals surface area contributed by atoms with Gasteiger partial charge in [0.1, 0.15) is 12.4 Å². The highest BCUT2D eigenvalue weighted by atomic mass is 19.1. The molecule has 0 fully saturated rings. The second-order valence-corrected chi connectivity index (χ2v) is 2.81. The van der Waals surface area contributed by atoms with Crippen LogP contribution in [-0.4, -0.2) is 23.5 Å². The highest BCUT2D eigenvalue weighted by Gasteiger charge is 2.09. The average molecular weight is 212 g/mol. The predicted octanol–water partition coefficient (Wildman–Crippen LogP) is 0.222. The Morgan fingerprint density at radius 3 is 2.67 bits per heavy atom. The van der Waals surface area contributed by atoms with Crippen LogP contribution in [0.2, 0.25) is 0 Å². The minimum atomic E-state index is -1.17. The molecule has 0 atom stereocenters. The van der Waals surface area contributed by atoms with Gasteiger partial charge in [-0.3, -0.25) is 9.59 Å². The van der Waals surface area contributed by atoms with Gasteiger partial charge in [0.15, 0.2) is 0 Å². The number of carboxylic acid groups (broad SMARTS) is 1. The molecule has 0 spiro atoms. The second kappa shape index (κ2) is 4.41. The molecule has 4 N–H and O–H groups in total. The van der Waals surface area contributed by atoms with Crippen molar-refractivity contribution < 1.29 is 19.1 Å². The largest absolute Gasteiger partial charge is 0.480 e. The van der Waals surface area contributed by atoms with Crippen LogP contribution in [0.3, 0.4) is 0 Å². The molecule has 1 rings (SSSR count). The minimum absolute atomic E-state index is 0.0305. The van der Waals surface area contributed by atoms with Crippen molar-refractivity contribution in [2.45, 2.75) is 0 Å². The third-order valence-corrected chi connectivity index (χ3v) is 1.66. The zero-order chi connectivity index (χ0) is 11.4. The molecule has 0 unspecified atom stereocenters. The smallest absolute Gasteiger partial charge is 0.322 e. The fourth-order valence-corrected chi connectivity index (χ4v) is 0.926. The first kappa shape index (κ1) is 11.0. The maximum absolute atomic E-state index is 12.9. The molecule has 1 aromatic rings. The fraction of sp³-hybridized carbons (Fsp3) is 0.111. The van der Waals surface area contributed by atoms with E-state index in [0.29, 0.717) is 0 Å². The van der Waals surface area contributed by atoms with Crippen LogP contribution in [0.15, 0.2) is 18.2 Å². The van der Waals surface area contributed by atoms with Gasteiger partial charge in [0, 0.05) is 5.56 Å². The normalized spacial score (nSPS) is 9.67. The number of anilines is 1. The lowest BCUT2D eigenvalue weighted by Gasteiger charge is -2.03. The summed E-state index contributed by atoms with van der Waals surface area (Å²) in [5, 5.41) is 10.4. The topological polar surface area (TPSA) is 92.4 Å². The van der Waals surface area contributed by atoms with Gasteiger partial charge in [0.2, 0.25) is 0 Å². The van der Waals surface area contributed by atoms with Gasteiger partial charge in [-0.25, -0.2) is 4.39 Å². The monoisotopic (exact) mass is 212 g/mol. The Kier molecular flexibility index (Phi) is 3.22. The van der Waals surface area contributed by atoms with Crippen LogP contribution in [-0.2, 0) is 4.79 Å². The Morgan fingerprint density at radius 1 is 1.47 bits per heavy atom. The number of hydrogen-bond donors (Lipinski definition) is 3. The van der Waals surface area contributed by atoms with Gasteiger partial charge in [-0.2, -0.15) is 0 Å². The number of hydrogen-bond acceptors (Lipinski definition) is 3. The van der Waals surface area contributed by atoms with Crippen LogP contribution < -0.4 is 11.1 Å². The number of nitrogens with one attached hydrogen (secondary N) is 1. The molecule has 5 nitrogen and oxygen atoms in total. The number of carbonyl (C=O) groups excluding carboxylic acids is 1. The van der Waals surface area contributed by atoms with E-state index in [4.69, 9.17) is 10.8 Å². The van der Waals surface area contributed by atoms with Gasteiger partial charge in [-0.15, -0.1) is 0 Å². The van der Waals surface area contributed by atoms with Gasteiger partial charge in [0.25, 0.3) is 5.91 Å². The molecule has 0 heterocycles. The fourth-order valence-electron chi connectivity index (χ4n) is 0.926. The summed E-state index contributed by atoms with van der Waals surface area (Å²) >= 11 is 0. The van der Waals surface area contributed by atoms with E-state index in [0.717, 1.165) is 6.07 Å². The van der Waals surface area contributed by atoms with Crippen molar-refractivity contribution in [1.29, 1.82) is 0 Å². The first-order valence-electron chi connectivity index (χ1n) is 4.05. The summed E-state index contributed by atoms with van der Waals surface area (Å²) in [6.07, 6.45) is 0. The number of rotatable bonds is 3. The number of aliphatic carboxylic acids is 1. The number of carboxylic acids is 1. The van der Waals surface area contributed by atoms with E-state index < -0.39 is 24.2 Å². The Morgan fingerprint density at radius 2 is 2.13 bits per heavy atom. The molecule has 0 aliphatic carbocycles. The van der Waals surface area contributed by atoms with E-state index in [1.807, 2.05) is 0 Å². The van der Waals surface area contributed by atoms with Crippen LogP contribution in [0, 0.1) is 5.82 Å². The summed E-state index contributed by atoms with van der Waals surface area (Å²) in [6, 6.07) is 3.51. The lowest BCUT2D eigenvalue weighted by molar-refractivity contribution is -0.135. The van der Waals surface area contributed by atoms with Crippen molar-refractivity contribution >= 4 is 17.6 Å². The highest BCUT2D eigenvalue weighted by Crippen LogP contribution is 2.11. The minimum Gasteiger partial charge on any atom is -0.480 e. The molecule has 80 valence electrons. The average Bonchev–Trinajstić information content (AvgIpc) is 2.18. The van der Waals surface area contributed by atoms with E-state index in [9.17, 15) is 14.0 Å². The van der Waals surface area contributed by atoms with Crippen molar-refractivity contribution in [3.8, 4) is 0 Å². The van der Waals surface area contributed by atoms with Crippen LogP contribution in [0.4, 0.5) is 10.1 Å². The Balaban J connectivity index is 2.74. The van der Waals surface area contributed by atoms with Crippen LogP contribution in [0.1, 0.15) is 10.4 Å². The molecule has 0 aliphatic heterocycles. The van der Waals surface area contributed by atoms with Crippen molar-refractivity contribution in [3.63, 3.8) is 0 Å². The Labute approximate surface area is 84.7 Å². The van der Waals surface area contributed by atoms with E-state index in [2.05, 4.69) is 5.32 Å². The third-order valence-electron chi connectivity index (χ3n) is 1.66. The van der Waals surface area contributed by atoms with Crippen molar-refractivity contribution in [2.24, 2.45) is 0 Å². The number of benzene rings is 1. The lowest BCUT2D eigenvalue weighted by Crippen LogP contribution is -2.29. The molecule has 1 amide bonds. The van der Waals surface area contributed by atoms with Crippen molar-refractivity contribution in [3.05, 3.63) is 29.6 Å². The molecule has 1 aromatic carbocycles. The molecule has 0 aromatic heterocycles. The lowest BCUT2D eigenvalue weighted by atomic mass is 10.2. The maximum atomic E-state index is 12.9. The zero-order valence-electron chi connectivity index (χ0n) is 7.66. The maximum Gasteiger partial charge on any atom is 0.322 e. The van der Waals surface area contributed by atoms with E-state index in [-0.39, 0.29) is 11.3 Å². The standard InChI is InChI=1S/C9H9FN2O3/c10-6-3-5(1-2-7(6)11)9(15)12-4-8(13)14/h1-3H,4,11H2,(H,12,15)(H,13,14). The molecule has 0 radical (unpaired) electrons. The third kappa shape index (κ3) is 2.94. The van der Waals surface area contributed by atoms with Gasteiger partial charge in [-0.1, -0.05) is 0 Å². The van der Waals surface area contributed by atoms with Gasteiger partial charge in [-0.05, 0) is 18.2 Å². The van der Waals surface area contributed by atoms with E-state index in [1.54, 1.807) is 0 Å². The van der Waals surface area contributed by atoms with E-state index in [1.165, 1.54) is 12.1 Å². The number of nitrogen functional groups attached to an aromatic ring is 1. The van der Waals surface area contributed by atoms with Gasteiger partial charge < -0.3 is 16.2 Å². The number of halogens is 1. The highest BCUT2D eigenvalue weighted by molar-refractivity contribution is 5.96. The zero-order valence-corrected chi connectivity index (χ0v) is 7.66. The van der Waals surface area contributed by atoms with Gasteiger partial charge in [0.05, 0.1) is 5.69 Å². The summed E-state index contributed by atoms with van der Waals surface area (Å²) in [5.41, 5.74) is 5.18. The molecule has 0 bridgehead atoms. The number of carbonyl (C=O) groups is 2. The van der Waals surface area contributed by atoms with Crippen LogP contribution in [0.5, 0.6) is 0 Å². The molecular weight excluding hydrogens is 203 g/mol. The summed E-state index contributed by atoms with van der Waals surface area (Å²) in [6.45, 7) is -0.509. The predicted molar refractivity (Wildman–Crippen MR) is 50.8 cm³/mol. The first-order chi connectivity index (χ1) is 7.00. The molecular formula is C9H9FN2O3. The summed E-state index contributed by atoms with van der Waals surface area (Å²) < 4.78 is 12.9. The summed E-state index contributed by atoms with van der Waals surface area (Å²) in [5.74, 6) is -2.53. The molecule has 15 heavy (non-hydrogen) atoms. The molecule has 0 aliphatic rings. The van der Waals surface area contributed by atoms with Crippen LogP contribution >= 0.6 is 0 Å². The van der Waals surface area contributed by atoms with Crippen LogP contribution in [0.25, 0.3) is 0 Å². The van der Waals surface area contributed by atoms with E-state index >= 15 is 0 Å². The number of amides is 1. The summed E-state index contributed by atoms with van der Waals surface area (Å²) in [7, 11) is 0. The second-order valence-electron chi connectivity index (χ2n) is 2.81. The van der Waals surface area contributed by atoms with Crippen molar-refractivity contribution in [2.75, 3.05) is 12.3 Å². The number of nitrogens with two attached hydrogens (primary N) is 1. The SMILES string of the molecule is Nc1ccc(C(=O)NCC(=O)O)cc1F.